The zero-order valence-corrected chi connectivity index (χ0v) is 8.90. The summed E-state index contributed by atoms with van der Waals surface area (Å²) in [6, 6.07) is 4.75. The number of nitro groups is 1. The number of ether oxygens (including phenoxy) is 1. The number of aromatic nitrogens is 3. The molecule has 2 heterocycles. The molecular weight excluding hydrogens is 224 g/mol. The van der Waals surface area contributed by atoms with E-state index in [0.29, 0.717) is 5.69 Å². The number of rotatable bonds is 3. The smallest absolute Gasteiger partial charge is 0.407 e. The van der Waals surface area contributed by atoms with Crippen molar-refractivity contribution in [3.05, 3.63) is 46.4 Å². The summed E-state index contributed by atoms with van der Waals surface area (Å²) in [5.41, 5.74) is 0.540. The van der Waals surface area contributed by atoms with Gasteiger partial charge in [0.25, 0.3) is 0 Å². The zero-order valence-electron chi connectivity index (χ0n) is 8.90. The minimum absolute atomic E-state index is 0.0202. The van der Waals surface area contributed by atoms with E-state index in [1.165, 1.54) is 18.5 Å². The van der Waals surface area contributed by atoms with Crippen LogP contribution in [0.2, 0.25) is 0 Å². The van der Waals surface area contributed by atoms with Crippen LogP contribution in [0.1, 0.15) is 5.69 Å². The Morgan fingerprint density at radius 2 is 2.00 bits per heavy atom. The molecule has 0 amide bonds. The largest absolute Gasteiger partial charge is 0.415 e. The standard InChI is InChI=1S/C10H8N4O3/c1-7-3-4-8(9(13-7)14(15)16)17-10-11-5-2-6-12-10/h2-6H,1H3. The highest BCUT2D eigenvalue weighted by Crippen LogP contribution is 2.27. The molecule has 2 rings (SSSR count). The van der Waals surface area contributed by atoms with E-state index >= 15 is 0 Å². The number of pyridine rings is 1. The first-order valence-electron chi connectivity index (χ1n) is 4.74. The fourth-order valence-electron chi connectivity index (χ4n) is 1.18. The maximum Gasteiger partial charge on any atom is 0.407 e. The highest BCUT2D eigenvalue weighted by Gasteiger charge is 2.18. The Hall–Kier alpha value is -2.57. The molecule has 0 radical (unpaired) electrons. The molecule has 0 saturated carbocycles. The van der Waals surface area contributed by atoms with Gasteiger partial charge in [0.15, 0.2) is 0 Å². The van der Waals surface area contributed by atoms with Crippen LogP contribution in [-0.2, 0) is 0 Å². The molecule has 7 heteroatoms. The molecule has 0 aliphatic rings. The first-order chi connectivity index (χ1) is 8.16. The van der Waals surface area contributed by atoms with Crippen LogP contribution in [-0.4, -0.2) is 19.9 Å². The third-order valence-corrected chi connectivity index (χ3v) is 1.89. The van der Waals surface area contributed by atoms with Crippen molar-refractivity contribution in [2.75, 3.05) is 0 Å². The minimum atomic E-state index is -0.606. The van der Waals surface area contributed by atoms with Gasteiger partial charge >= 0.3 is 11.8 Å². The lowest BCUT2D eigenvalue weighted by Gasteiger charge is -2.03. The van der Waals surface area contributed by atoms with E-state index < -0.39 is 4.92 Å². The predicted octanol–water partition coefficient (Wildman–Crippen LogP) is 1.88. The molecule has 0 N–H and O–H groups in total. The number of hydrogen-bond donors (Lipinski definition) is 0. The van der Waals surface area contributed by atoms with Gasteiger partial charge in [-0.2, -0.15) is 0 Å². The second-order valence-electron chi connectivity index (χ2n) is 3.16. The molecular formula is C10H8N4O3. The van der Waals surface area contributed by atoms with E-state index in [-0.39, 0.29) is 17.6 Å². The van der Waals surface area contributed by atoms with Crippen LogP contribution in [0.3, 0.4) is 0 Å². The summed E-state index contributed by atoms with van der Waals surface area (Å²) in [6.45, 7) is 1.66. The van der Waals surface area contributed by atoms with Crippen LogP contribution in [0, 0.1) is 17.0 Å². The van der Waals surface area contributed by atoms with Crippen molar-refractivity contribution in [1.82, 2.24) is 15.0 Å². The molecule has 2 aromatic rings. The Balaban J connectivity index is 2.36. The van der Waals surface area contributed by atoms with Crippen molar-refractivity contribution in [3.8, 4) is 11.8 Å². The van der Waals surface area contributed by atoms with Crippen LogP contribution in [0.5, 0.6) is 11.8 Å². The Kier molecular flexibility index (Phi) is 2.91. The molecule has 0 spiro atoms. The molecule has 0 unspecified atom stereocenters. The summed E-state index contributed by atoms with van der Waals surface area (Å²) in [5, 5.41) is 10.8. The highest BCUT2D eigenvalue weighted by molar-refractivity contribution is 5.41. The topological polar surface area (TPSA) is 91.0 Å². The van der Waals surface area contributed by atoms with Gasteiger partial charge in [-0.15, -0.1) is 0 Å². The van der Waals surface area contributed by atoms with Gasteiger partial charge in [-0.05, 0) is 28.1 Å². The maximum atomic E-state index is 10.8. The second kappa shape index (κ2) is 4.52. The average molecular weight is 232 g/mol. The SMILES string of the molecule is Cc1ccc(Oc2ncccn2)c([N+](=O)[O-])n1. The molecule has 0 aromatic carbocycles. The van der Waals surface area contributed by atoms with Gasteiger partial charge in [-0.3, -0.25) is 0 Å². The molecule has 0 saturated heterocycles. The Labute approximate surface area is 96.3 Å². The Morgan fingerprint density at radius 3 is 2.65 bits per heavy atom. The van der Waals surface area contributed by atoms with E-state index in [1.807, 2.05) is 0 Å². The fourth-order valence-corrected chi connectivity index (χ4v) is 1.18. The van der Waals surface area contributed by atoms with Gasteiger partial charge in [0.2, 0.25) is 5.75 Å². The highest BCUT2D eigenvalue weighted by atomic mass is 16.6. The summed E-state index contributed by atoms with van der Waals surface area (Å²) >= 11 is 0. The first kappa shape index (κ1) is 10.9. The van der Waals surface area contributed by atoms with E-state index in [1.54, 1.807) is 19.1 Å². The summed E-state index contributed by atoms with van der Waals surface area (Å²) in [4.78, 5) is 21.6. The van der Waals surface area contributed by atoms with Crippen molar-refractivity contribution < 1.29 is 9.66 Å². The van der Waals surface area contributed by atoms with Crippen LogP contribution in [0.25, 0.3) is 0 Å². The van der Waals surface area contributed by atoms with Crippen molar-refractivity contribution >= 4 is 5.82 Å². The molecule has 0 atom stereocenters. The third-order valence-electron chi connectivity index (χ3n) is 1.89. The van der Waals surface area contributed by atoms with Crippen molar-refractivity contribution in [2.24, 2.45) is 0 Å². The molecule has 0 bridgehead atoms. The van der Waals surface area contributed by atoms with Crippen LogP contribution in [0.15, 0.2) is 30.6 Å². The van der Waals surface area contributed by atoms with E-state index in [4.69, 9.17) is 4.74 Å². The first-order valence-corrected chi connectivity index (χ1v) is 4.74. The van der Waals surface area contributed by atoms with Crippen molar-refractivity contribution in [3.63, 3.8) is 0 Å². The Morgan fingerprint density at radius 1 is 1.29 bits per heavy atom. The van der Waals surface area contributed by atoms with Gasteiger partial charge in [0.05, 0.1) is 0 Å². The summed E-state index contributed by atoms with van der Waals surface area (Å²) < 4.78 is 5.20. The number of aryl methyl sites for hydroxylation is 1. The van der Waals surface area contributed by atoms with Crippen molar-refractivity contribution in [1.29, 1.82) is 0 Å². The third kappa shape index (κ3) is 2.51. The summed E-state index contributed by atoms with van der Waals surface area (Å²) in [6.07, 6.45) is 2.96. The second-order valence-corrected chi connectivity index (χ2v) is 3.16. The van der Waals surface area contributed by atoms with Gasteiger partial charge in [-0.1, -0.05) is 0 Å². The van der Waals surface area contributed by atoms with Crippen molar-refractivity contribution in [2.45, 2.75) is 6.92 Å². The molecule has 17 heavy (non-hydrogen) atoms. The van der Waals surface area contributed by atoms with Crippen LogP contribution < -0.4 is 4.74 Å². The maximum absolute atomic E-state index is 10.8. The van der Waals surface area contributed by atoms with Gasteiger partial charge in [0.1, 0.15) is 5.69 Å². The molecule has 86 valence electrons. The quantitative estimate of drug-likeness (QED) is 0.592. The summed E-state index contributed by atoms with van der Waals surface area (Å²) in [5.74, 6) is -0.329. The zero-order chi connectivity index (χ0) is 12.3. The number of hydrogen-bond acceptors (Lipinski definition) is 6. The predicted molar refractivity (Wildman–Crippen MR) is 57.7 cm³/mol. The monoisotopic (exact) mass is 232 g/mol. The fraction of sp³-hybridized carbons (Fsp3) is 0.100. The van der Waals surface area contributed by atoms with Gasteiger partial charge in [0, 0.05) is 19.3 Å². The molecule has 0 aliphatic carbocycles. The van der Waals surface area contributed by atoms with Crippen LogP contribution in [0.4, 0.5) is 5.82 Å². The number of nitrogens with zero attached hydrogens (tertiary/aromatic N) is 4. The van der Waals surface area contributed by atoms with E-state index in [2.05, 4.69) is 15.0 Å². The van der Waals surface area contributed by atoms with Gasteiger partial charge < -0.3 is 14.9 Å². The van der Waals surface area contributed by atoms with E-state index in [0.717, 1.165) is 0 Å². The van der Waals surface area contributed by atoms with Gasteiger partial charge in [-0.25, -0.2) is 9.97 Å². The molecule has 0 aliphatic heterocycles. The molecule has 7 nitrogen and oxygen atoms in total. The lowest BCUT2D eigenvalue weighted by molar-refractivity contribution is -0.390. The normalized spacial score (nSPS) is 9.94. The summed E-state index contributed by atoms with van der Waals surface area (Å²) in [7, 11) is 0. The lowest BCUT2D eigenvalue weighted by Crippen LogP contribution is -1.99. The van der Waals surface area contributed by atoms with Crippen LogP contribution >= 0.6 is 0 Å². The Bertz CT molecular complexity index is 545. The minimum Gasteiger partial charge on any atom is -0.415 e. The lowest BCUT2D eigenvalue weighted by atomic mass is 10.3. The molecule has 0 fully saturated rings. The molecule has 2 aromatic heterocycles. The average Bonchev–Trinajstić information content (AvgIpc) is 2.32. The van der Waals surface area contributed by atoms with E-state index in [9.17, 15) is 10.1 Å².